The molecule has 0 aromatic heterocycles. The zero-order valence-electron chi connectivity index (χ0n) is 19.5. The molecule has 0 unspecified atom stereocenters. The zero-order chi connectivity index (χ0) is 24.2. The number of methoxy groups -OCH3 is 1. The van der Waals surface area contributed by atoms with Crippen molar-refractivity contribution in [2.45, 2.75) is 44.6 Å². The molecule has 2 N–H and O–H groups in total. The highest BCUT2D eigenvalue weighted by atomic mass is 79.9. The molecule has 0 radical (unpaired) electrons. The molecule has 8 heteroatoms. The predicted molar refractivity (Wildman–Crippen MR) is 138 cm³/mol. The van der Waals surface area contributed by atoms with Crippen molar-refractivity contribution in [3.63, 3.8) is 0 Å². The number of para-hydroxylation sites is 1. The Morgan fingerprint density at radius 2 is 1.91 bits per heavy atom. The van der Waals surface area contributed by atoms with Crippen molar-refractivity contribution in [1.82, 2.24) is 10.7 Å². The van der Waals surface area contributed by atoms with Gasteiger partial charge in [-0.15, -0.1) is 6.58 Å². The second kappa shape index (κ2) is 13.6. The Morgan fingerprint density at radius 1 is 1.15 bits per heavy atom. The molecule has 7 nitrogen and oxygen atoms in total. The third-order valence-corrected chi connectivity index (χ3v) is 6.09. The minimum atomic E-state index is -0.288. The Bertz CT molecular complexity index is 990. The molecule has 1 saturated carbocycles. The summed E-state index contributed by atoms with van der Waals surface area (Å²) in [4.78, 5) is 12.0. The number of nitrogens with zero attached hydrogens (tertiary/aromatic N) is 1. The molecule has 0 heterocycles. The highest BCUT2D eigenvalue weighted by Gasteiger charge is 2.15. The number of hydrazone groups is 1. The van der Waals surface area contributed by atoms with E-state index in [9.17, 15) is 4.79 Å². The molecule has 0 atom stereocenters. The average Bonchev–Trinajstić information content (AvgIpc) is 2.84. The number of nitrogens with one attached hydrogen (secondary N) is 2. The first-order valence-electron chi connectivity index (χ1n) is 11.5. The van der Waals surface area contributed by atoms with Crippen LogP contribution in [0.15, 0.2) is 58.6 Å². The van der Waals surface area contributed by atoms with Crippen molar-refractivity contribution in [2.75, 3.05) is 20.3 Å². The second-order valence-corrected chi connectivity index (χ2v) is 8.86. The largest absolute Gasteiger partial charge is 0.493 e. The van der Waals surface area contributed by atoms with E-state index in [2.05, 4.69) is 38.4 Å². The van der Waals surface area contributed by atoms with Gasteiger partial charge in [-0.1, -0.05) is 43.5 Å². The summed E-state index contributed by atoms with van der Waals surface area (Å²) >= 11 is 3.54. The third-order valence-electron chi connectivity index (χ3n) is 5.50. The molecule has 0 saturated heterocycles. The fourth-order valence-electron chi connectivity index (χ4n) is 3.85. The van der Waals surface area contributed by atoms with Crippen LogP contribution in [0.4, 0.5) is 4.79 Å². The summed E-state index contributed by atoms with van der Waals surface area (Å²) in [6, 6.07) is 11.5. The van der Waals surface area contributed by atoms with Crippen LogP contribution in [0.2, 0.25) is 0 Å². The quantitative estimate of drug-likeness (QED) is 0.171. The first-order valence-corrected chi connectivity index (χ1v) is 12.3. The molecule has 0 aliphatic heterocycles. The number of urea groups is 1. The molecular formula is C26H32BrN3O4. The van der Waals surface area contributed by atoms with Crippen LogP contribution < -0.4 is 25.0 Å². The van der Waals surface area contributed by atoms with Crippen LogP contribution in [-0.2, 0) is 6.42 Å². The van der Waals surface area contributed by atoms with Gasteiger partial charge in [0.05, 0.1) is 17.8 Å². The minimum Gasteiger partial charge on any atom is -0.493 e. The Kier molecular flexibility index (Phi) is 10.3. The smallest absolute Gasteiger partial charge is 0.335 e. The summed E-state index contributed by atoms with van der Waals surface area (Å²) < 4.78 is 18.0. The first kappa shape index (κ1) is 25.6. The predicted octanol–water partition coefficient (Wildman–Crippen LogP) is 5.61. The first-order chi connectivity index (χ1) is 16.6. The standard InChI is InChI=1S/C26H32BrN3O4/c1-3-9-20-10-7-8-13-23(20)33-14-15-34-25-22(27)16-19(17-24(25)32-2)18-28-30-26(31)29-21-11-5-4-6-12-21/h3,7-8,10,13,16-18,21H,1,4-6,9,11-12,14-15H2,2H3,(H2,29,30,31)/b28-18-. The molecule has 2 aromatic carbocycles. The van der Waals surface area contributed by atoms with Gasteiger partial charge < -0.3 is 19.5 Å². The van der Waals surface area contributed by atoms with Gasteiger partial charge in [0, 0.05) is 6.04 Å². The van der Waals surface area contributed by atoms with Crippen LogP contribution in [-0.4, -0.2) is 38.6 Å². The van der Waals surface area contributed by atoms with E-state index < -0.39 is 0 Å². The molecule has 3 rings (SSSR count). The summed E-state index contributed by atoms with van der Waals surface area (Å²) in [6.07, 6.45) is 9.77. The lowest BCUT2D eigenvalue weighted by atomic mass is 9.96. The van der Waals surface area contributed by atoms with Crippen molar-refractivity contribution in [3.8, 4) is 17.2 Å². The zero-order valence-corrected chi connectivity index (χ0v) is 21.1. The van der Waals surface area contributed by atoms with E-state index in [-0.39, 0.29) is 12.1 Å². The fourth-order valence-corrected chi connectivity index (χ4v) is 4.42. The summed E-state index contributed by atoms with van der Waals surface area (Å²) in [5.74, 6) is 1.95. The average molecular weight is 530 g/mol. The Balaban J connectivity index is 1.52. The molecular weight excluding hydrogens is 498 g/mol. The monoisotopic (exact) mass is 529 g/mol. The number of hydrogen-bond acceptors (Lipinski definition) is 5. The van der Waals surface area contributed by atoms with Crippen LogP contribution in [0.1, 0.15) is 43.2 Å². The maximum absolute atomic E-state index is 12.0. The highest BCUT2D eigenvalue weighted by molar-refractivity contribution is 9.10. The van der Waals surface area contributed by atoms with Crippen molar-refractivity contribution >= 4 is 28.2 Å². The normalized spacial score (nSPS) is 13.9. The maximum Gasteiger partial charge on any atom is 0.335 e. The number of allylic oxidation sites excluding steroid dienone is 1. The lowest BCUT2D eigenvalue weighted by molar-refractivity contribution is 0.209. The summed E-state index contributed by atoms with van der Waals surface area (Å²) in [7, 11) is 1.58. The molecule has 1 fully saturated rings. The number of amides is 2. The number of ether oxygens (including phenoxy) is 3. The van der Waals surface area contributed by atoms with Crippen LogP contribution in [0, 0.1) is 0 Å². The molecule has 1 aliphatic rings. The molecule has 0 bridgehead atoms. The van der Waals surface area contributed by atoms with Gasteiger partial charge in [0.1, 0.15) is 19.0 Å². The van der Waals surface area contributed by atoms with E-state index >= 15 is 0 Å². The van der Waals surface area contributed by atoms with Gasteiger partial charge in [0.25, 0.3) is 0 Å². The summed E-state index contributed by atoms with van der Waals surface area (Å²) in [6.45, 7) is 4.51. The van der Waals surface area contributed by atoms with Crippen LogP contribution in [0.25, 0.3) is 0 Å². The number of halogens is 1. The fraction of sp³-hybridized carbons (Fsp3) is 0.385. The van der Waals surface area contributed by atoms with Gasteiger partial charge in [0.2, 0.25) is 0 Å². The molecule has 2 amide bonds. The highest BCUT2D eigenvalue weighted by Crippen LogP contribution is 2.36. The van der Waals surface area contributed by atoms with Crippen molar-refractivity contribution in [3.05, 3.63) is 64.7 Å². The van der Waals surface area contributed by atoms with E-state index in [0.29, 0.717) is 29.2 Å². The van der Waals surface area contributed by atoms with Crippen LogP contribution in [0.5, 0.6) is 17.2 Å². The van der Waals surface area contributed by atoms with Gasteiger partial charge >= 0.3 is 6.03 Å². The van der Waals surface area contributed by atoms with E-state index in [1.165, 1.54) is 6.42 Å². The Morgan fingerprint density at radius 3 is 2.68 bits per heavy atom. The topological polar surface area (TPSA) is 81.2 Å². The van der Waals surface area contributed by atoms with Gasteiger partial charge in [-0.2, -0.15) is 5.10 Å². The van der Waals surface area contributed by atoms with Crippen LogP contribution >= 0.6 is 15.9 Å². The molecule has 0 spiro atoms. The molecule has 182 valence electrons. The number of carbonyl (C=O) groups is 1. The Hall–Kier alpha value is -3.00. The van der Waals surface area contributed by atoms with E-state index in [1.807, 2.05) is 36.4 Å². The summed E-state index contributed by atoms with van der Waals surface area (Å²) in [5.41, 5.74) is 4.37. The lowest BCUT2D eigenvalue weighted by Crippen LogP contribution is -2.41. The minimum absolute atomic E-state index is 0.231. The van der Waals surface area contributed by atoms with Crippen molar-refractivity contribution in [1.29, 1.82) is 0 Å². The van der Waals surface area contributed by atoms with Crippen molar-refractivity contribution in [2.24, 2.45) is 5.10 Å². The summed E-state index contributed by atoms with van der Waals surface area (Å²) in [5, 5.41) is 7.02. The molecule has 2 aromatic rings. The van der Waals surface area contributed by atoms with E-state index in [4.69, 9.17) is 14.2 Å². The van der Waals surface area contributed by atoms with Crippen LogP contribution in [0.3, 0.4) is 0 Å². The number of rotatable bonds is 11. The van der Waals surface area contributed by atoms with E-state index in [1.54, 1.807) is 19.4 Å². The number of hydrogen-bond donors (Lipinski definition) is 2. The SMILES string of the molecule is C=CCc1ccccc1OCCOc1c(Br)cc(/C=N\NC(=O)NC2CCCCC2)cc1OC. The molecule has 1 aliphatic carbocycles. The third kappa shape index (κ3) is 7.80. The van der Waals surface area contributed by atoms with Gasteiger partial charge in [-0.05, 0) is 64.5 Å². The lowest BCUT2D eigenvalue weighted by Gasteiger charge is -2.22. The Labute approximate surface area is 209 Å². The van der Waals surface area contributed by atoms with Gasteiger partial charge in [-0.25, -0.2) is 10.2 Å². The number of benzene rings is 2. The second-order valence-electron chi connectivity index (χ2n) is 8.01. The van der Waals surface area contributed by atoms with Crippen molar-refractivity contribution < 1.29 is 19.0 Å². The van der Waals surface area contributed by atoms with Gasteiger partial charge in [-0.3, -0.25) is 0 Å². The molecule has 34 heavy (non-hydrogen) atoms. The van der Waals surface area contributed by atoms with Gasteiger partial charge in [0.15, 0.2) is 11.5 Å². The maximum atomic E-state index is 12.0. The van der Waals surface area contributed by atoms with E-state index in [0.717, 1.165) is 49.0 Å². The number of carbonyl (C=O) groups excluding carboxylic acids is 1.